The maximum atomic E-state index is 12.0. The van der Waals surface area contributed by atoms with Crippen LogP contribution in [0, 0.1) is 0 Å². The van der Waals surface area contributed by atoms with Gasteiger partial charge in [-0.3, -0.25) is 9.59 Å². The number of carbonyl (C=O) groups excluding carboxylic acids is 2. The molecule has 0 atom stereocenters. The normalized spacial score (nSPS) is 14.5. The lowest BCUT2D eigenvalue weighted by molar-refractivity contribution is -0.145. The van der Waals surface area contributed by atoms with Crippen LogP contribution in [0.3, 0.4) is 0 Å². The van der Waals surface area contributed by atoms with Gasteiger partial charge in [-0.1, -0.05) is 36.0 Å². The minimum Gasteiger partial charge on any atom is -0.466 e. The molecule has 0 saturated carbocycles. The molecule has 0 radical (unpaired) electrons. The summed E-state index contributed by atoms with van der Waals surface area (Å²) < 4.78 is 17.0. The van der Waals surface area contributed by atoms with Crippen molar-refractivity contribution >= 4 is 34.3 Å². The summed E-state index contributed by atoms with van der Waals surface area (Å²) in [6.07, 6.45) is 2.18. The molecule has 0 aromatic heterocycles. The zero-order valence-electron chi connectivity index (χ0n) is 14.2. The van der Waals surface area contributed by atoms with Crippen molar-refractivity contribution < 1.29 is 23.8 Å². The van der Waals surface area contributed by atoms with Crippen LogP contribution in [-0.2, 0) is 14.3 Å². The van der Waals surface area contributed by atoms with Crippen LogP contribution in [0.2, 0.25) is 0 Å². The number of esters is 1. The Morgan fingerprint density at radius 1 is 1.12 bits per heavy atom. The van der Waals surface area contributed by atoms with Crippen LogP contribution >= 0.6 is 11.8 Å². The summed E-state index contributed by atoms with van der Waals surface area (Å²) in [5, 5.41) is 1.00. The van der Waals surface area contributed by atoms with Gasteiger partial charge in [-0.05, 0) is 30.7 Å². The maximum absolute atomic E-state index is 12.0. The summed E-state index contributed by atoms with van der Waals surface area (Å²) in [5.41, 5.74) is 0. The summed E-state index contributed by atoms with van der Waals surface area (Å²) in [7, 11) is 0. The number of hydrogen-bond acceptors (Lipinski definition) is 6. The van der Waals surface area contributed by atoms with Crippen molar-refractivity contribution in [2.45, 2.75) is 31.3 Å². The largest absolute Gasteiger partial charge is 0.466 e. The molecular weight excluding hydrogens is 340 g/mol. The lowest BCUT2D eigenvalue weighted by atomic mass is 10.1. The lowest BCUT2D eigenvalue weighted by Crippen LogP contribution is -2.41. The van der Waals surface area contributed by atoms with Crippen molar-refractivity contribution in [2.75, 3.05) is 12.9 Å². The fourth-order valence-corrected chi connectivity index (χ4v) is 3.49. The fourth-order valence-electron chi connectivity index (χ4n) is 2.84. The monoisotopic (exact) mass is 360 g/mol. The molecule has 0 fully saturated rings. The SMILES string of the molecule is CCOC(=O)CC(=O)CCC1(SC)Oc2cccc3cccc(c23)O1. The van der Waals surface area contributed by atoms with Crippen molar-refractivity contribution in [1.29, 1.82) is 0 Å². The summed E-state index contributed by atoms with van der Waals surface area (Å²) in [5.74, 6) is 0.806. The summed E-state index contributed by atoms with van der Waals surface area (Å²) in [6.45, 7) is 1.99. The molecule has 6 heteroatoms. The Balaban J connectivity index is 1.74. The molecule has 1 heterocycles. The van der Waals surface area contributed by atoms with E-state index in [1.54, 1.807) is 6.92 Å². The summed E-state index contributed by atoms with van der Waals surface area (Å²) >= 11 is 1.40. The van der Waals surface area contributed by atoms with Gasteiger partial charge in [0.25, 0.3) is 0 Å². The lowest BCUT2D eigenvalue weighted by Gasteiger charge is -2.37. The second-order valence-electron chi connectivity index (χ2n) is 5.72. The molecule has 0 amide bonds. The van der Waals surface area contributed by atoms with Gasteiger partial charge in [0.1, 0.15) is 23.7 Å². The van der Waals surface area contributed by atoms with Crippen molar-refractivity contribution in [3.63, 3.8) is 0 Å². The quantitative estimate of drug-likeness (QED) is 0.551. The van der Waals surface area contributed by atoms with Gasteiger partial charge in [-0.25, -0.2) is 0 Å². The van der Waals surface area contributed by atoms with E-state index in [4.69, 9.17) is 14.2 Å². The van der Waals surface area contributed by atoms with E-state index in [9.17, 15) is 9.59 Å². The number of thioether (sulfide) groups is 1. The minimum atomic E-state index is -0.979. The third-order valence-electron chi connectivity index (χ3n) is 4.03. The van der Waals surface area contributed by atoms with Crippen LogP contribution in [0.4, 0.5) is 0 Å². The zero-order chi connectivity index (χ0) is 17.9. The Morgan fingerprint density at radius 2 is 1.76 bits per heavy atom. The topological polar surface area (TPSA) is 61.8 Å². The molecule has 0 unspecified atom stereocenters. The first kappa shape index (κ1) is 17.6. The van der Waals surface area contributed by atoms with E-state index < -0.39 is 11.1 Å². The van der Waals surface area contributed by atoms with Crippen molar-refractivity contribution in [2.24, 2.45) is 0 Å². The Labute approximate surface area is 150 Å². The first-order chi connectivity index (χ1) is 12.1. The van der Waals surface area contributed by atoms with E-state index >= 15 is 0 Å². The van der Waals surface area contributed by atoms with Crippen molar-refractivity contribution in [1.82, 2.24) is 0 Å². The molecule has 3 rings (SSSR count). The minimum absolute atomic E-state index is 0.178. The van der Waals surface area contributed by atoms with Gasteiger partial charge >= 0.3 is 11.1 Å². The third kappa shape index (κ3) is 3.74. The maximum Gasteiger partial charge on any atom is 0.313 e. The average Bonchev–Trinajstić information content (AvgIpc) is 2.60. The van der Waals surface area contributed by atoms with E-state index in [0.717, 1.165) is 22.3 Å². The predicted molar refractivity (Wildman–Crippen MR) is 96.9 cm³/mol. The molecule has 2 aromatic carbocycles. The van der Waals surface area contributed by atoms with Crippen LogP contribution in [0.5, 0.6) is 11.5 Å². The predicted octanol–water partition coefficient (Wildman–Crippen LogP) is 3.93. The summed E-state index contributed by atoms with van der Waals surface area (Å²) in [4.78, 5) is 23.5. The molecule has 1 aliphatic heterocycles. The molecular formula is C19H20O5S. The number of ketones is 1. The molecule has 25 heavy (non-hydrogen) atoms. The molecule has 2 aromatic rings. The van der Waals surface area contributed by atoms with Gasteiger partial charge in [0.2, 0.25) is 0 Å². The molecule has 0 saturated heterocycles. The van der Waals surface area contributed by atoms with Crippen LogP contribution in [0.15, 0.2) is 36.4 Å². The van der Waals surface area contributed by atoms with E-state index in [-0.39, 0.29) is 25.2 Å². The molecule has 0 N–H and O–H groups in total. The Morgan fingerprint density at radius 3 is 2.32 bits per heavy atom. The third-order valence-corrected chi connectivity index (χ3v) is 5.02. The van der Waals surface area contributed by atoms with Crippen LogP contribution in [-0.4, -0.2) is 29.7 Å². The molecule has 1 aliphatic rings. The van der Waals surface area contributed by atoms with Gasteiger partial charge in [0.05, 0.1) is 12.0 Å². The van der Waals surface area contributed by atoms with Crippen molar-refractivity contribution in [3.8, 4) is 11.5 Å². The number of benzene rings is 2. The first-order valence-electron chi connectivity index (χ1n) is 8.19. The van der Waals surface area contributed by atoms with Gasteiger partial charge in [-0.15, -0.1) is 0 Å². The van der Waals surface area contributed by atoms with Gasteiger partial charge in [-0.2, -0.15) is 0 Å². The number of ether oxygens (including phenoxy) is 3. The first-order valence-corrected chi connectivity index (χ1v) is 9.41. The van der Waals surface area contributed by atoms with E-state index in [1.807, 2.05) is 42.7 Å². The summed E-state index contributed by atoms with van der Waals surface area (Å²) in [6, 6.07) is 11.7. The number of hydrogen-bond donors (Lipinski definition) is 0. The highest BCUT2D eigenvalue weighted by Crippen LogP contribution is 2.46. The Hall–Kier alpha value is -2.21. The van der Waals surface area contributed by atoms with Gasteiger partial charge in [0.15, 0.2) is 0 Å². The van der Waals surface area contributed by atoms with Crippen LogP contribution in [0.1, 0.15) is 26.2 Å². The molecule has 0 bridgehead atoms. The smallest absolute Gasteiger partial charge is 0.313 e. The molecule has 132 valence electrons. The van der Waals surface area contributed by atoms with Crippen LogP contribution < -0.4 is 9.47 Å². The Kier molecular flexibility index (Phi) is 5.18. The Bertz CT molecular complexity index is 761. The number of Topliss-reactive ketones (excluding diaryl/α,β-unsaturated/α-hetero) is 1. The van der Waals surface area contributed by atoms with E-state index in [1.165, 1.54) is 11.8 Å². The second-order valence-corrected chi connectivity index (χ2v) is 6.75. The zero-order valence-corrected chi connectivity index (χ0v) is 15.1. The van der Waals surface area contributed by atoms with Gasteiger partial charge < -0.3 is 14.2 Å². The number of rotatable bonds is 7. The van der Waals surface area contributed by atoms with E-state index in [0.29, 0.717) is 6.42 Å². The van der Waals surface area contributed by atoms with Crippen molar-refractivity contribution in [3.05, 3.63) is 36.4 Å². The van der Waals surface area contributed by atoms with E-state index in [2.05, 4.69) is 0 Å². The highest BCUT2D eigenvalue weighted by atomic mass is 32.2. The highest BCUT2D eigenvalue weighted by Gasteiger charge is 2.39. The molecule has 5 nitrogen and oxygen atoms in total. The fraction of sp³-hybridized carbons (Fsp3) is 0.368. The molecule has 0 aliphatic carbocycles. The second kappa shape index (κ2) is 7.35. The molecule has 0 spiro atoms. The van der Waals surface area contributed by atoms with Gasteiger partial charge in [0, 0.05) is 12.8 Å². The number of carbonyl (C=O) groups is 2. The highest BCUT2D eigenvalue weighted by molar-refractivity contribution is 7.99. The standard InChI is InChI=1S/C19H20O5S/c1-3-22-17(21)12-14(20)10-11-19(25-2)23-15-8-4-6-13-7-5-9-16(24-19)18(13)15/h4-9H,3,10-12H2,1-2H3. The average molecular weight is 360 g/mol. The van der Waals surface area contributed by atoms with Crippen LogP contribution in [0.25, 0.3) is 10.8 Å².